The molecule has 0 bridgehead atoms. The highest BCUT2D eigenvalue weighted by Gasteiger charge is 2.03. The summed E-state index contributed by atoms with van der Waals surface area (Å²) in [5.74, 6) is 0.237. The van der Waals surface area contributed by atoms with E-state index in [9.17, 15) is 10.2 Å². The zero-order chi connectivity index (χ0) is 12.7. The van der Waals surface area contributed by atoms with Crippen molar-refractivity contribution in [3.05, 3.63) is 29.8 Å². The zero-order valence-electron chi connectivity index (χ0n) is 10.7. The van der Waals surface area contributed by atoms with Crippen LogP contribution in [-0.4, -0.2) is 10.2 Å². The van der Waals surface area contributed by atoms with Crippen molar-refractivity contribution in [2.75, 3.05) is 0 Å². The van der Waals surface area contributed by atoms with E-state index in [1.54, 1.807) is 12.1 Å². The first-order valence-electron chi connectivity index (χ1n) is 6.39. The van der Waals surface area contributed by atoms with Gasteiger partial charge in [0.2, 0.25) is 0 Å². The van der Waals surface area contributed by atoms with Gasteiger partial charge in [0, 0.05) is 6.07 Å². The maximum absolute atomic E-state index is 9.46. The summed E-state index contributed by atoms with van der Waals surface area (Å²) in [4.78, 5) is 0. The minimum absolute atomic E-state index is 0.118. The predicted molar refractivity (Wildman–Crippen MR) is 72.2 cm³/mol. The van der Waals surface area contributed by atoms with Crippen LogP contribution in [-0.2, 0) is 0 Å². The Kier molecular flexibility index (Phi) is 5.61. The van der Waals surface area contributed by atoms with Gasteiger partial charge in [-0.1, -0.05) is 32.8 Å². The number of unbranched alkanes of at least 4 members (excludes halogenated alkanes) is 3. The van der Waals surface area contributed by atoms with Crippen LogP contribution >= 0.6 is 0 Å². The van der Waals surface area contributed by atoms with Crippen LogP contribution < -0.4 is 0 Å². The molecule has 0 fully saturated rings. The Bertz CT molecular complexity index is 360. The molecule has 2 nitrogen and oxygen atoms in total. The van der Waals surface area contributed by atoms with Gasteiger partial charge in [0.15, 0.2) is 0 Å². The molecular formula is C15H22O2. The fourth-order valence-corrected chi connectivity index (χ4v) is 1.92. The molecule has 0 aliphatic heterocycles. The minimum Gasteiger partial charge on any atom is -0.508 e. The largest absolute Gasteiger partial charge is 0.508 e. The van der Waals surface area contributed by atoms with Gasteiger partial charge in [-0.2, -0.15) is 0 Å². The van der Waals surface area contributed by atoms with Crippen LogP contribution in [0.3, 0.4) is 0 Å². The van der Waals surface area contributed by atoms with Crippen molar-refractivity contribution in [2.24, 2.45) is 0 Å². The standard InChI is InChI=1S/C15H22O2/c1-3-5-6-7-8-12(4-2)13-9-14(16)11-15(17)10-13/h8-11,16-17H,3-7H2,1-2H3/b12-8+. The summed E-state index contributed by atoms with van der Waals surface area (Å²) in [5, 5.41) is 18.9. The van der Waals surface area contributed by atoms with E-state index in [-0.39, 0.29) is 11.5 Å². The third-order valence-electron chi connectivity index (χ3n) is 2.85. The average Bonchev–Trinajstić information content (AvgIpc) is 2.28. The molecule has 0 aliphatic rings. The molecule has 0 saturated carbocycles. The second kappa shape index (κ2) is 7.00. The highest BCUT2D eigenvalue weighted by Crippen LogP contribution is 2.27. The highest BCUT2D eigenvalue weighted by atomic mass is 16.3. The summed E-state index contributed by atoms with van der Waals surface area (Å²) >= 11 is 0. The quantitative estimate of drug-likeness (QED) is 0.713. The molecule has 0 atom stereocenters. The van der Waals surface area contributed by atoms with Crippen LogP contribution in [0.4, 0.5) is 0 Å². The minimum atomic E-state index is 0.118. The van der Waals surface area contributed by atoms with Crippen LogP contribution in [0.1, 0.15) is 51.5 Å². The molecule has 0 saturated heterocycles. The van der Waals surface area contributed by atoms with Gasteiger partial charge in [-0.15, -0.1) is 0 Å². The Morgan fingerprint density at radius 2 is 1.71 bits per heavy atom. The molecule has 0 aromatic heterocycles. The smallest absolute Gasteiger partial charge is 0.119 e. The molecule has 0 aliphatic carbocycles. The molecule has 0 amide bonds. The number of benzene rings is 1. The number of phenols is 2. The summed E-state index contributed by atoms with van der Waals surface area (Å²) in [6.07, 6.45) is 7.86. The molecule has 0 heterocycles. The topological polar surface area (TPSA) is 40.5 Å². The van der Waals surface area contributed by atoms with E-state index in [4.69, 9.17) is 0 Å². The SMILES string of the molecule is CCCCC/C=C(\CC)c1cc(O)cc(O)c1. The van der Waals surface area contributed by atoms with Gasteiger partial charge in [0.25, 0.3) is 0 Å². The first kappa shape index (κ1) is 13.6. The number of allylic oxidation sites excluding steroid dienone is 2. The molecular weight excluding hydrogens is 212 g/mol. The van der Waals surface area contributed by atoms with Gasteiger partial charge in [-0.05, 0) is 42.5 Å². The molecule has 0 unspecified atom stereocenters. The molecule has 1 aromatic carbocycles. The Hall–Kier alpha value is -1.44. The van der Waals surface area contributed by atoms with Crippen molar-refractivity contribution in [3.63, 3.8) is 0 Å². The maximum atomic E-state index is 9.46. The van der Waals surface area contributed by atoms with Crippen molar-refractivity contribution in [1.82, 2.24) is 0 Å². The lowest BCUT2D eigenvalue weighted by Crippen LogP contribution is -1.84. The van der Waals surface area contributed by atoms with Crippen molar-refractivity contribution < 1.29 is 10.2 Å². The third-order valence-corrected chi connectivity index (χ3v) is 2.85. The lowest BCUT2D eigenvalue weighted by atomic mass is 10.0. The molecule has 1 aromatic rings. The number of phenolic OH excluding ortho intramolecular Hbond substituents is 2. The highest BCUT2D eigenvalue weighted by molar-refractivity contribution is 5.67. The fourth-order valence-electron chi connectivity index (χ4n) is 1.92. The molecule has 2 N–H and O–H groups in total. The van der Waals surface area contributed by atoms with Crippen molar-refractivity contribution in [2.45, 2.75) is 46.0 Å². The van der Waals surface area contributed by atoms with Crippen LogP contribution in [0.15, 0.2) is 24.3 Å². The molecule has 1 rings (SSSR count). The van der Waals surface area contributed by atoms with E-state index in [1.165, 1.54) is 30.9 Å². The van der Waals surface area contributed by atoms with Crippen LogP contribution in [0.2, 0.25) is 0 Å². The second-order valence-electron chi connectivity index (χ2n) is 4.32. The number of hydrogen-bond donors (Lipinski definition) is 2. The Morgan fingerprint density at radius 1 is 1.06 bits per heavy atom. The van der Waals surface area contributed by atoms with Gasteiger partial charge in [0.1, 0.15) is 11.5 Å². The Labute approximate surface area is 104 Å². The summed E-state index contributed by atoms with van der Waals surface area (Å²) in [6.45, 7) is 4.28. The number of hydrogen-bond acceptors (Lipinski definition) is 2. The average molecular weight is 234 g/mol. The molecule has 0 spiro atoms. The van der Waals surface area contributed by atoms with Gasteiger partial charge in [-0.3, -0.25) is 0 Å². The lowest BCUT2D eigenvalue weighted by molar-refractivity contribution is 0.450. The lowest BCUT2D eigenvalue weighted by Gasteiger charge is -2.07. The van der Waals surface area contributed by atoms with Crippen molar-refractivity contribution >= 4 is 5.57 Å². The number of aromatic hydroxyl groups is 2. The van der Waals surface area contributed by atoms with Crippen molar-refractivity contribution in [3.8, 4) is 11.5 Å². The summed E-state index contributed by atoms with van der Waals surface area (Å²) in [7, 11) is 0. The Morgan fingerprint density at radius 3 is 2.24 bits per heavy atom. The molecule has 2 heteroatoms. The van der Waals surface area contributed by atoms with E-state index in [0.717, 1.165) is 18.4 Å². The van der Waals surface area contributed by atoms with Gasteiger partial charge < -0.3 is 10.2 Å². The van der Waals surface area contributed by atoms with E-state index < -0.39 is 0 Å². The van der Waals surface area contributed by atoms with Crippen molar-refractivity contribution in [1.29, 1.82) is 0 Å². The summed E-state index contributed by atoms with van der Waals surface area (Å²) in [5.41, 5.74) is 2.11. The summed E-state index contributed by atoms with van der Waals surface area (Å²) < 4.78 is 0. The Balaban J connectivity index is 2.78. The normalized spacial score (nSPS) is 11.8. The van der Waals surface area contributed by atoms with Gasteiger partial charge >= 0.3 is 0 Å². The first-order valence-corrected chi connectivity index (χ1v) is 6.39. The van der Waals surface area contributed by atoms with E-state index in [0.29, 0.717) is 0 Å². The first-order chi connectivity index (χ1) is 8.17. The maximum Gasteiger partial charge on any atom is 0.119 e. The van der Waals surface area contributed by atoms with Gasteiger partial charge in [0.05, 0.1) is 0 Å². The van der Waals surface area contributed by atoms with E-state index in [1.807, 2.05) is 0 Å². The molecule has 0 radical (unpaired) electrons. The number of rotatable bonds is 6. The fraction of sp³-hybridized carbons (Fsp3) is 0.467. The van der Waals surface area contributed by atoms with Crippen LogP contribution in [0, 0.1) is 0 Å². The van der Waals surface area contributed by atoms with Crippen LogP contribution in [0.25, 0.3) is 5.57 Å². The van der Waals surface area contributed by atoms with Gasteiger partial charge in [-0.25, -0.2) is 0 Å². The summed E-state index contributed by atoms with van der Waals surface area (Å²) in [6, 6.07) is 4.76. The van der Waals surface area contributed by atoms with E-state index >= 15 is 0 Å². The molecule has 94 valence electrons. The zero-order valence-corrected chi connectivity index (χ0v) is 10.7. The molecule has 17 heavy (non-hydrogen) atoms. The van der Waals surface area contributed by atoms with Crippen LogP contribution in [0.5, 0.6) is 11.5 Å². The van der Waals surface area contributed by atoms with E-state index in [2.05, 4.69) is 19.9 Å². The monoisotopic (exact) mass is 234 g/mol. The predicted octanol–water partition coefficient (Wildman–Crippen LogP) is 4.47. The third kappa shape index (κ3) is 4.51. The second-order valence-corrected chi connectivity index (χ2v) is 4.32.